The number of anilines is 1. The van der Waals surface area contributed by atoms with E-state index in [1.54, 1.807) is 49.4 Å². The molecule has 0 aliphatic carbocycles. The summed E-state index contributed by atoms with van der Waals surface area (Å²) < 4.78 is 5.38. The van der Waals surface area contributed by atoms with Crippen molar-refractivity contribution in [3.8, 4) is 11.1 Å². The fourth-order valence-electron chi connectivity index (χ4n) is 3.19. The van der Waals surface area contributed by atoms with Crippen LogP contribution in [0.3, 0.4) is 0 Å². The highest BCUT2D eigenvalue weighted by Gasteiger charge is 2.14. The van der Waals surface area contributed by atoms with E-state index in [-0.39, 0.29) is 11.6 Å². The minimum Gasteiger partial charge on any atom is -0.422 e. The van der Waals surface area contributed by atoms with Gasteiger partial charge in [0.15, 0.2) is 0 Å². The van der Waals surface area contributed by atoms with Gasteiger partial charge in [0, 0.05) is 28.8 Å². The molecule has 1 N–H and O–H groups in total. The van der Waals surface area contributed by atoms with E-state index in [1.807, 2.05) is 12.1 Å². The van der Waals surface area contributed by atoms with E-state index in [4.69, 9.17) is 4.42 Å². The summed E-state index contributed by atoms with van der Waals surface area (Å²) in [7, 11) is 0. The van der Waals surface area contributed by atoms with E-state index in [0.29, 0.717) is 33.5 Å². The molecule has 7 nitrogen and oxygen atoms in total. The first-order chi connectivity index (χ1) is 14.4. The number of aryl methyl sites for hydroxylation is 1. The van der Waals surface area contributed by atoms with E-state index in [1.165, 1.54) is 18.2 Å². The van der Waals surface area contributed by atoms with Gasteiger partial charge < -0.3 is 9.73 Å². The number of amides is 1. The number of nitrogens with zero attached hydrogens (tertiary/aromatic N) is 1. The van der Waals surface area contributed by atoms with Gasteiger partial charge in [-0.25, -0.2) is 4.79 Å². The number of nitrogens with one attached hydrogen (secondary N) is 1. The number of nitro groups is 1. The second-order valence-electron chi connectivity index (χ2n) is 6.78. The Kier molecular flexibility index (Phi) is 4.85. The topological polar surface area (TPSA) is 102 Å². The lowest BCUT2D eigenvalue weighted by Crippen LogP contribution is -2.13. The van der Waals surface area contributed by atoms with Crippen LogP contribution in [-0.4, -0.2) is 10.8 Å². The molecule has 0 radical (unpaired) electrons. The van der Waals surface area contributed by atoms with Gasteiger partial charge >= 0.3 is 5.63 Å². The van der Waals surface area contributed by atoms with E-state index in [0.717, 1.165) is 5.39 Å². The van der Waals surface area contributed by atoms with E-state index >= 15 is 0 Å². The van der Waals surface area contributed by atoms with Gasteiger partial charge in [-0.3, -0.25) is 14.9 Å². The molecule has 0 atom stereocenters. The number of hydrogen-bond donors (Lipinski definition) is 1. The van der Waals surface area contributed by atoms with Gasteiger partial charge in [0.2, 0.25) is 0 Å². The summed E-state index contributed by atoms with van der Waals surface area (Å²) >= 11 is 0. The van der Waals surface area contributed by atoms with Crippen molar-refractivity contribution in [1.29, 1.82) is 0 Å². The maximum absolute atomic E-state index is 12.7. The molecule has 148 valence electrons. The van der Waals surface area contributed by atoms with Gasteiger partial charge in [0.05, 0.1) is 10.5 Å². The lowest BCUT2D eigenvalue weighted by molar-refractivity contribution is -0.384. The molecule has 0 fully saturated rings. The number of rotatable bonds is 4. The Labute approximate surface area is 170 Å². The first-order valence-electron chi connectivity index (χ1n) is 9.12. The minimum absolute atomic E-state index is 0.0458. The van der Waals surface area contributed by atoms with Crippen LogP contribution in [0.4, 0.5) is 11.4 Å². The molecular weight excluding hydrogens is 384 g/mol. The first-order valence-corrected chi connectivity index (χ1v) is 9.12. The standard InChI is InChI=1S/C23H16N2O5/c1-14-11-18(25(28)29)9-10-20(14)24-22(26)17-7-4-6-15(12-17)19-13-16-5-2-3-8-21(16)30-23(19)27/h2-13H,1H3,(H,24,26). The molecule has 0 saturated heterocycles. The quantitative estimate of drug-likeness (QED) is 0.297. The molecule has 7 heteroatoms. The third kappa shape index (κ3) is 3.68. The predicted molar refractivity (Wildman–Crippen MR) is 114 cm³/mol. The van der Waals surface area contributed by atoms with Crippen molar-refractivity contribution < 1.29 is 14.1 Å². The molecular formula is C23H16N2O5. The number of hydrogen-bond acceptors (Lipinski definition) is 5. The Hall–Kier alpha value is -4.26. The van der Waals surface area contributed by atoms with Gasteiger partial charge in [-0.05, 0) is 48.4 Å². The lowest BCUT2D eigenvalue weighted by atomic mass is 10.0. The molecule has 4 rings (SSSR count). The molecule has 3 aromatic carbocycles. The van der Waals surface area contributed by atoms with Crippen molar-refractivity contribution in [1.82, 2.24) is 0 Å². The summed E-state index contributed by atoms with van der Waals surface area (Å²) in [5.41, 5.74) is 2.27. The largest absolute Gasteiger partial charge is 0.422 e. The Morgan fingerprint density at radius 2 is 1.80 bits per heavy atom. The summed E-state index contributed by atoms with van der Waals surface area (Å²) in [5, 5.41) is 14.4. The molecule has 4 aromatic rings. The second-order valence-corrected chi connectivity index (χ2v) is 6.78. The second kappa shape index (κ2) is 7.63. The van der Waals surface area contributed by atoms with E-state index in [9.17, 15) is 19.7 Å². The fourth-order valence-corrected chi connectivity index (χ4v) is 3.19. The van der Waals surface area contributed by atoms with Crippen LogP contribution in [0.2, 0.25) is 0 Å². The van der Waals surface area contributed by atoms with Crippen LogP contribution >= 0.6 is 0 Å². The lowest BCUT2D eigenvalue weighted by Gasteiger charge is -2.09. The van der Waals surface area contributed by atoms with E-state index < -0.39 is 10.5 Å². The fraction of sp³-hybridized carbons (Fsp3) is 0.0435. The van der Waals surface area contributed by atoms with Crippen molar-refractivity contribution >= 4 is 28.3 Å². The number of fused-ring (bicyclic) bond motifs is 1. The summed E-state index contributed by atoms with van der Waals surface area (Å²) in [6, 6.07) is 19.8. The minimum atomic E-state index is -0.489. The van der Waals surface area contributed by atoms with Crippen molar-refractivity contribution in [3.63, 3.8) is 0 Å². The molecule has 1 heterocycles. The van der Waals surface area contributed by atoms with Crippen molar-refractivity contribution in [2.24, 2.45) is 0 Å². The maximum atomic E-state index is 12.7. The van der Waals surface area contributed by atoms with Crippen LogP contribution in [0.25, 0.3) is 22.1 Å². The van der Waals surface area contributed by atoms with Crippen LogP contribution in [-0.2, 0) is 0 Å². The molecule has 0 aliphatic rings. The number of nitro benzene ring substituents is 1. The Bertz CT molecular complexity index is 1360. The normalized spacial score (nSPS) is 10.7. The third-order valence-electron chi connectivity index (χ3n) is 4.75. The molecule has 0 saturated carbocycles. The number of carbonyl (C=O) groups is 1. The molecule has 30 heavy (non-hydrogen) atoms. The number of para-hydroxylation sites is 1. The van der Waals surface area contributed by atoms with Crippen LogP contribution < -0.4 is 10.9 Å². The predicted octanol–water partition coefficient (Wildman–Crippen LogP) is 4.93. The Morgan fingerprint density at radius 3 is 2.57 bits per heavy atom. The van der Waals surface area contributed by atoms with Gasteiger partial charge in [0.25, 0.3) is 11.6 Å². The average Bonchev–Trinajstić information content (AvgIpc) is 2.74. The average molecular weight is 400 g/mol. The molecule has 0 unspecified atom stereocenters. The summed E-state index contributed by atoms with van der Waals surface area (Å²) in [5.74, 6) is -0.390. The third-order valence-corrected chi connectivity index (χ3v) is 4.75. The zero-order chi connectivity index (χ0) is 21.3. The molecule has 1 aromatic heterocycles. The van der Waals surface area contributed by atoms with Crippen molar-refractivity contribution in [2.45, 2.75) is 6.92 Å². The maximum Gasteiger partial charge on any atom is 0.344 e. The molecule has 1 amide bonds. The molecule has 0 bridgehead atoms. The van der Waals surface area contributed by atoms with Crippen molar-refractivity contribution in [2.75, 3.05) is 5.32 Å². The van der Waals surface area contributed by atoms with Crippen LogP contribution in [0.1, 0.15) is 15.9 Å². The Morgan fingerprint density at radius 1 is 1.00 bits per heavy atom. The Balaban J connectivity index is 1.65. The highest BCUT2D eigenvalue weighted by Crippen LogP contribution is 2.24. The molecule has 0 spiro atoms. The van der Waals surface area contributed by atoms with E-state index in [2.05, 4.69) is 5.32 Å². The smallest absolute Gasteiger partial charge is 0.344 e. The zero-order valence-corrected chi connectivity index (χ0v) is 15.9. The highest BCUT2D eigenvalue weighted by molar-refractivity contribution is 6.05. The van der Waals surface area contributed by atoms with Crippen LogP contribution in [0.15, 0.2) is 82.0 Å². The molecule has 0 aliphatic heterocycles. The monoisotopic (exact) mass is 400 g/mol. The number of benzene rings is 3. The van der Waals surface area contributed by atoms with Crippen molar-refractivity contribution in [3.05, 3.63) is 104 Å². The van der Waals surface area contributed by atoms with Gasteiger partial charge in [-0.2, -0.15) is 0 Å². The van der Waals surface area contributed by atoms with Crippen LogP contribution in [0, 0.1) is 17.0 Å². The van der Waals surface area contributed by atoms with Gasteiger partial charge in [-0.15, -0.1) is 0 Å². The highest BCUT2D eigenvalue weighted by atomic mass is 16.6. The zero-order valence-electron chi connectivity index (χ0n) is 15.9. The number of non-ortho nitro benzene ring substituents is 1. The summed E-state index contributed by atoms with van der Waals surface area (Å²) in [4.78, 5) is 35.5. The van der Waals surface area contributed by atoms with Crippen LogP contribution in [0.5, 0.6) is 0 Å². The van der Waals surface area contributed by atoms with Gasteiger partial charge in [-0.1, -0.05) is 30.3 Å². The first kappa shape index (κ1) is 19.1. The summed E-state index contributed by atoms with van der Waals surface area (Å²) in [6.45, 7) is 1.68. The summed E-state index contributed by atoms with van der Waals surface area (Å²) in [6.07, 6.45) is 0. The SMILES string of the molecule is Cc1cc([N+](=O)[O-])ccc1NC(=O)c1cccc(-c2cc3ccccc3oc2=O)c1. The number of carbonyl (C=O) groups excluding carboxylic acids is 1. The van der Waals surface area contributed by atoms with Gasteiger partial charge in [0.1, 0.15) is 5.58 Å².